The normalized spacial score (nSPS) is 23.6. The molecule has 0 N–H and O–H groups in total. The van der Waals surface area contributed by atoms with Crippen molar-refractivity contribution in [3.05, 3.63) is 233 Å². The van der Waals surface area contributed by atoms with Crippen molar-refractivity contribution in [1.82, 2.24) is 0 Å². The molecule has 0 heterocycles. The molecular formula is C52H39N. The van der Waals surface area contributed by atoms with Crippen LogP contribution in [-0.2, 0) is 10.8 Å². The lowest BCUT2D eigenvalue weighted by atomic mass is 9.68. The van der Waals surface area contributed by atoms with E-state index in [1.807, 2.05) is 0 Å². The summed E-state index contributed by atoms with van der Waals surface area (Å²) in [7, 11) is 0. The second kappa shape index (κ2) is 12.1. The average Bonchev–Trinajstić information content (AvgIpc) is 1.57. The highest BCUT2D eigenvalue weighted by atomic mass is 15.1. The Morgan fingerprint density at radius 3 is 1.87 bits per heavy atom. The van der Waals surface area contributed by atoms with Gasteiger partial charge in [0.1, 0.15) is 0 Å². The van der Waals surface area contributed by atoms with Gasteiger partial charge in [-0.2, -0.15) is 0 Å². The number of benzene rings is 8. The largest absolute Gasteiger partial charge is 0.310 e. The van der Waals surface area contributed by atoms with Gasteiger partial charge in [0.05, 0.1) is 50.9 Å². The van der Waals surface area contributed by atoms with Crippen LogP contribution in [0.3, 0.4) is 0 Å². The van der Waals surface area contributed by atoms with Crippen molar-refractivity contribution < 1.29 is 39.8 Å². The summed E-state index contributed by atoms with van der Waals surface area (Å²) in [6.07, 6.45) is 0. The van der Waals surface area contributed by atoms with Crippen LogP contribution in [0, 0.1) is 0 Å². The minimum Gasteiger partial charge on any atom is -0.310 e. The molecule has 1 unspecified atom stereocenters. The van der Waals surface area contributed by atoms with E-state index in [9.17, 15) is 16.4 Å². The van der Waals surface area contributed by atoms with Gasteiger partial charge in [-0.15, -0.1) is 0 Å². The van der Waals surface area contributed by atoms with Gasteiger partial charge in [0.2, 0.25) is 0 Å². The van der Waals surface area contributed by atoms with Crippen LogP contribution in [0.25, 0.3) is 33.4 Å². The first-order valence-electron chi connectivity index (χ1n) is 30.7. The first kappa shape index (κ1) is 13.5. The molecule has 0 fully saturated rings. The van der Waals surface area contributed by atoms with Crippen molar-refractivity contribution in [2.24, 2.45) is 0 Å². The first-order chi connectivity index (χ1) is 38.1. The number of rotatable bonds is 6. The molecule has 1 heteroatoms. The van der Waals surface area contributed by atoms with Gasteiger partial charge in [-0.25, -0.2) is 0 Å². The van der Waals surface area contributed by atoms with E-state index in [0.717, 1.165) is 17.0 Å². The molecule has 2 aliphatic carbocycles. The van der Waals surface area contributed by atoms with Crippen molar-refractivity contribution in [3.8, 4) is 33.4 Å². The molecular weight excluding hydrogens is 639 g/mol. The van der Waals surface area contributed by atoms with Crippen LogP contribution in [0.5, 0.6) is 0 Å². The van der Waals surface area contributed by atoms with Gasteiger partial charge in [-0.05, 0) is 91.4 Å². The molecule has 0 amide bonds. The summed E-state index contributed by atoms with van der Waals surface area (Å²) in [4.78, 5) is 0.799. The van der Waals surface area contributed by atoms with E-state index >= 15 is 0 Å². The van der Waals surface area contributed by atoms with Crippen LogP contribution < -0.4 is 4.90 Å². The summed E-state index contributed by atoms with van der Waals surface area (Å²) in [6.45, 7) is 3.18. The summed E-state index contributed by atoms with van der Waals surface area (Å²) in [5, 5.41) is 0. The smallest absolute Gasteiger partial charge is 0.0714 e. The van der Waals surface area contributed by atoms with E-state index in [0.29, 0.717) is 0 Å². The molecule has 8 aromatic rings. The van der Waals surface area contributed by atoms with E-state index in [-0.39, 0.29) is 22.3 Å². The SMILES string of the molecule is [2H]c1cc2c(cc1N(c1c([2H])cc(-c3c([2H])c([2H])c([2H])c([2H])c3[2H])c([2H])c1[2H])c1c([2H])c([2H])c([2H])c3c1-c1c([2H])c([2H])c([2H])c([2H])c1C3(c1cc([2H])c([2H])c([2H])c1[2H])c1c([2H])c([2H])c([2H])c([2H])c1[2H])C(C)(C)c1c([2H])c([2H])c([2H])c([2H])c1-2. The van der Waals surface area contributed by atoms with Crippen LogP contribution in [0.15, 0.2) is 199 Å². The Hall–Kier alpha value is -6.44. The molecule has 1 nitrogen and oxygen atoms in total. The standard InChI is InChI=1S/C52H39N/c1-51(2)45-25-14-12-23-42(45)43-34-33-41(35-48(43)51)53(40-31-29-37(30-32-40)36-17-6-3-7-18-36)49-28-16-27-47-50(49)44-24-13-15-26-46(44)52(47,38-19-8-4-9-20-38)39-21-10-5-11-22-39/h3-35H,1-2H3/i3D,4D,5D,6D,7D,8D,9D,10D,11D,12D,13D,14D,15D,16D,17D,18D,19D,20D,21D,23D,24D,25D,26D,27D,28D,29D,31D,32D,33D. The fourth-order valence-corrected chi connectivity index (χ4v) is 7.35. The minimum atomic E-state index is -3.12. The van der Waals surface area contributed by atoms with E-state index in [1.165, 1.54) is 12.1 Å². The Labute approximate surface area is 353 Å². The zero-order chi connectivity index (χ0) is 60.8. The van der Waals surface area contributed by atoms with Gasteiger partial charge in [-0.3, -0.25) is 0 Å². The molecule has 0 bridgehead atoms. The van der Waals surface area contributed by atoms with E-state index in [4.69, 9.17) is 23.3 Å². The summed E-state index contributed by atoms with van der Waals surface area (Å²) in [5.74, 6) is 0. The molecule has 53 heavy (non-hydrogen) atoms. The molecule has 0 saturated heterocycles. The Balaban J connectivity index is 1.50. The maximum Gasteiger partial charge on any atom is 0.0714 e. The fourth-order valence-electron chi connectivity index (χ4n) is 7.35. The van der Waals surface area contributed by atoms with Gasteiger partial charge < -0.3 is 4.90 Å². The Morgan fingerprint density at radius 2 is 1.06 bits per heavy atom. The van der Waals surface area contributed by atoms with E-state index in [2.05, 4.69) is 0 Å². The van der Waals surface area contributed by atoms with Gasteiger partial charge in [0.25, 0.3) is 0 Å². The summed E-state index contributed by atoms with van der Waals surface area (Å²) < 4.78 is 266. The highest BCUT2D eigenvalue weighted by Crippen LogP contribution is 2.60. The lowest BCUT2D eigenvalue weighted by molar-refractivity contribution is 0.660. The zero-order valence-corrected chi connectivity index (χ0v) is 27.8. The molecule has 0 aromatic heterocycles. The predicted octanol–water partition coefficient (Wildman–Crippen LogP) is 13.5. The second-order valence-corrected chi connectivity index (χ2v) is 12.7. The maximum absolute atomic E-state index is 10.0. The first-order valence-corrected chi connectivity index (χ1v) is 16.2. The molecule has 252 valence electrons. The topological polar surface area (TPSA) is 3.24 Å². The molecule has 2 aliphatic rings. The number of fused-ring (bicyclic) bond motifs is 6. The molecule has 0 spiro atoms. The maximum atomic E-state index is 10.0. The van der Waals surface area contributed by atoms with Crippen molar-refractivity contribution in [2.75, 3.05) is 4.90 Å². The molecule has 10 rings (SSSR count). The third kappa shape index (κ3) is 4.64. The van der Waals surface area contributed by atoms with E-state index < -0.39 is 248 Å². The number of nitrogens with zero attached hydrogens (tertiary/aromatic N) is 1. The Kier molecular flexibility index (Phi) is 3.08. The minimum absolute atomic E-state index is 0.00815. The lowest BCUT2D eigenvalue weighted by Crippen LogP contribution is -2.28. The molecule has 8 aromatic carbocycles. The monoisotopic (exact) mass is 706 g/mol. The number of hydrogen-bond acceptors (Lipinski definition) is 1. The third-order valence-corrected chi connectivity index (χ3v) is 9.69. The predicted molar refractivity (Wildman–Crippen MR) is 221 cm³/mol. The van der Waals surface area contributed by atoms with Gasteiger partial charge in [0.15, 0.2) is 0 Å². The van der Waals surface area contributed by atoms with Crippen LogP contribution in [0.2, 0.25) is 0 Å². The molecule has 0 saturated carbocycles. The van der Waals surface area contributed by atoms with Crippen LogP contribution in [0.1, 0.15) is 87.0 Å². The third-order valence-electron chi connectivity index (χ3n) is 9.69. The van der Waals surface area contributed by atoms with Crippen molar-refractivity contribution in [2.45, 2.75) is 24.7 Å². The van der Waals surface area contributed by atoms with Gasteiger partial charge in [-0.1, -0.05) is 183 Å². The van der Waals surface area contributed by atoms with E-state index in [1.54, 1.807) is 13.8 Å². The summed E-state index contributed by atoms with van der Waals surface area (Å²) >= 11 is 0. The second-order valence-electron chi connectivity index (χ2n) is 12.7. The number of hydrogen-bond donors (Lipinski definition) is 0. The lowest BCUT2D eigenvalue weighted by Gasteiger charge is -2.34. The quantitative estimate of drug-likeness (QED) is 0.166. The highest BCUT2D eigenvalue weighted by molar-refractivity contribution is 5.98. The fraction of sp³-hybridized carbons (Fsp3) is 0.0769. The Morgan fingerprint density at radius 1 is 0.415 bits per heavy atom. The van der Waals surface area contributed by atoms with Crippen molar-refractivity contribution in [3.63, 3.8) is 0 Å². The Bertz CT molecular complexity index is 4260. The number of anilines is 3. The molecule has 0 radical (unpaired) electrons. The van der Waals surface area contributed by atoms with Gasteiger partial charge >= 0.3 is 0 Å². The van der Waals surface area contributed by atoms with Crippen molar-refractivity contribution >= 4 is 17.1 Å². The van der Waals surface area contributed by atoms with Gasteiger partial charge in [0, 0.05) is 22.4 Å². The van der Waals surface area contributed by atoms with Crippen LogP contribution in [0.4, 0.5) is 17.1 Å². The molecule has 0 aliphatic heterocycles. The van der Waals surface area contributed by atoms with Crippen molar-refractivity contribution in [1.29, 1.82) is 0 Å². The summed E-state index contributed by atoms with van der Waals surface area (Å²) in [5.41, 5.74) is -12.5. The van der Waals surface area contributed by atoms with Crippen LogP contribution >= 0.6 is 0 Å². The molecule has 1 atom stereocenters. The summed E-state index contributed by atoms with van der Waals surface area (Å²) in [6, 6.07) is -22.4. The average molecular weight is 707 g/mol. The zero-order valence-electron chi connectivity index (χ0n) is 56.8. The van der Waals surface area contributed by atoms with Crippen LogP contribution in [-0.4, -0.2) is 0 Å². The highest BCUT2D eigenvalue weighted by Gasteiger charge is 2.47.